The molecule has 0 unspecified atom stereocenters. The van der Waals surface area contributed by atoms with Crippen LogP contribution in [0.15, 0.2) is 82.6 Å². The van der Waals surface area contributed by atoms with Crippen molar-refractivity contribution in [3.05, 3.63) is 78.6 Å². The van der Waals surface area contributed by atoms with Crippen molar-refractivity contribution in [3.8, 4) is 16.9 Å². The summed E-state index contributed by atoms with van der Waals surface area (Å²) in [5, 5.41) is 9.82. The van der Waals surface area contributed by atoms with Crippen LogP contribution in [0.25, 0.3) is 11.1 Å². The minimum Gasteiger partial charge on any atom is -0.487 e. The quantitative estimate of drug-likeness (QED) is 0.472. The molecule has 1 N–H and O–H groups in total. The van der Waals surface area contributed by atoms with Gasteiger partial charge in [-0.3, -0.25) is 0 Å². The number of nitrogens with zero attached hydrogens (tertiary/aromatic N) is 2. The highest BCUT2D eigenvalue weighted by atomic mass is 32.2. The topological polar surface area (TPSA) is 104 Å². The molecule has 0 amide bonds. The van der Waals surface area contributed by atoms with Crippen molar-refractivity contribution in [2.75, 3.05) is 26.7 Å². The van der Waals surface area contributed by atoms with Gasteiger partial charge in [-0.05, 0) is 42.3 Å². The maximum atomic E-state index is 14.4. The average molecular weight is 563 g/mol. The van der Waals surface area contributed by atoms with Crippen molar-refractivity contribution >= 4 is 20.0 Å². The van der Waals surface area contributed by atoms with E-state index in [4.69, 9.17) is 4.74 Å². The molecule has 0 saturated heterocycles. The molecule has 3 atom stereocenters. The summed E-state index contributed by atoms with van der Waals surface area (Å²) in [6.45, 7) is 2.80. The van der Waals surface area contributed by atoms with Crippen LogP contribution in [-0.2, 0) is 20.0 Å². The molecule has 0 spiro atoms. The maximum Gasteiger partial charge on any atom is 0.247 e. The number of halogens is 1. The lowest BCUT2D eigenvalue weighted by Gasteiger charge is -2.37. The number of aliphatic hydroxyl groups is 1. The first-order chi connectivity index (χ1) is 18.0. The minimum atomic E-state index is -4.19. The van der Waals surface area contributed by atoms with E-state index in [9.17, 15) is 26.3 Å². The van der Waals surface area contributed by atoms with Crippen molar-refractivity contribution in [3.63, 3.8) is 0 Å². The van der Waals surface area contributed by atoms with E-state index < -0.39 is 55.4 Å². The molecular formula is C27H31FN2O6S2. The third kappa shape index (κ3) is 5.48. The summed E-state index contributed by atoms with van der Waals surface area (Å²) in [6, 6.07) is 18.6. The van der Waals surface area contributed by atoms with Crippen molar-refractivity contribution in [1.29, 1.82) is 0 Å². The Morgan fingerprint density at radius 1 is 1.08 bits per heavy atom. The van der Waals surface area contributed by atoms with Crippen LogP contribution in [0.4, 0.5) is 4.39 Å². The molecular weight excluding hydrogens is 531 g/mol. The molecule has 0 aromatic heterocycles. The van der Waals surface area contributed by atoms with Gasteiger partial charge in [-0.2, -0.15) is 8.61 Å². The number of rotatable bonds is 7. The zero-order valence-corrected chi connectivity index (χ0v) is 23.0. The highest BCUT2D eigenvalue weighted by molar-refractivity contribution is 7.89. The molecule has 1 aliphatic heterocycles. The van der Waals surface area contributed by atoms with Gasteiger partial charge in [0.25, 0.3) is 0 Å². The zero-order chi connectivity index (χ0) is 27.7. The van der Waals surface area contributed by atoms with Crippen LogP contribution in [0.2, 0.25) is 0 Å². The monoisotopic (exact) mass is 562 g/mol. The first-order valence-corrected chi connectivity index (χ1v) is 15.0. The fourth-order valence-electron chi connectivity index (χ4n) is 4.43. The number of benzene rings is 3. The summed E-state index contributed by atoms with van der Waals surface area (Å²) in [4.78, 5) is -0.528. The van der Waals surface area contributed by atoms with Crippen molar-refractivity contribution < 1.29 is 31.1 Å². The molecule has 204 valence electrons. The highest BCUT2D eigenvalue weighted by Gasteiger charge is 2.39. The van der Waals surface area contributed by atoms with E-state index in [1.807, 2.05) is 30.3 Å². The lowest BCUT2D eigenvalue weighted by Crippen LogP contribution is -2.50. The van der Waals surface area contributed by atoms with Gasteiger partial charge in [0.05, 0.1) is 13.2 Å². The molecule has 0 bridgehead atoms. The fraction of sp³-hybridized carbons (Fsp3) is 0.333. The number of hydrogen-bond acceptors (Lipinski definition) is 6. The predicted molar refractivity (Wildman–Crippen MR) is 142 cm³/mol. The molecule has 0 fully saturated rings. The van der Waals surface area contributed by atoms with Gasteiger partial charge >= 0.3 is 0 Å². The maximum absolute atomic E-state index is 14.4. The first-order valence-electron chi connectivity index (χ1n) is 12.2. The third-order valence-corrected chi connectivity index (χ3v) is 10.6. The lowest BCUT2D eigenvalue weighted by molar-refractivity contribution is 0.0904. The van der Waals surface area contributed by atoms with Crippen LogP contribution in [0, 0.1) is 11.7 Å². The van der Waals surface area contributed by atoms with Crippen LogP contribution < -0.4 is 4.74 Å². The number of ether oxygens (including phenoxy) is 1. The molecule has 38 heavy (non-hydrogen) atoms. The summed E-state index contributed by atoms with van der Waals surface area (Å²) in [5.74, 6) is -1.27. The molecule has 1 heterocycles. The van der Waals surface area contributed by atoms with Gasteiger partial charge in [-0.15, -0.1) is 0 Å². The van der Waals surface area contributed by atoms with Crippen molar-refractivity contribution in [2.45, 2.75) is 35.8 Å². The van der Waals surface area contributed by atoms with Gasteiger partial charge < -0.3 is 9.84 Å². The zero-order valence-electron chi connectivity index (χ0n) is 21.4. The predicted octanol–water partition coefficient (Wildman–Crippen LogP) is 3.58. The summed E-state index contributed by atoms with van der Waals surface area (Å²) in [5.41, 5.74) is 1.57. The van der Waals surface area contributed by atoms with Crippen LogP contribution in [0.3, 0.4) is 0 Å². The Kier molecular flexibility index (Phi) is 8.24. The highest BCUT2D eigenvalue weighted by Crippen LogP contribution is 2.36. The van der Waals surface area contributed by atoms with Gasteiger partial charge in [-0.1, -0.05) is 55.5 Å². The van der Waals surface area contributed by atoms with Crippen LogP contribution >= 0.6 is 0 Å². The summed E-state index contributed by atoms with van der Waals surface area (Å²) in [6.07, 6.45) is -0.782. The van der Waals surface area contributed by atoms with E-state index in [0.717, 1.165) is 21.5 Å². The van der Waals surface area contributed by atoms with Gasteiger partial charge in [0.1, 0.15) is 27.5 Å². The molecule has 3 aromatic rings. The average Bonchev–Trinajstić information content (AvgIpc) is 2.90. The summed E-state index contributed by atoms with van der Waals surface area (Å²) >= 11 is 0. The van der Waals surface area contributed by atoms with Crippen LogP contribution in [0.5, 0.6) is 5.75 Å². The Hall–Kier alpha value is -2.83. The Balaban J connectivity index is 1.78. The largest absolute Gasteiger partial charge is 0.487 e. The number of hydrogen-bond donors (Lipinski definition) is 1. The second-order valence-electron chi connectivity index (χ2n) is 9.48. The third-order valence-electron chi connectivity index (χ3n) is 6.74. The molecule has 0 saturated carbocycles. The standard InChI is InChI=1S/C27H31FN2O6S2/c1-19-16-30(20(2)18-31)38(34,35)27-14-13-22(21-9-5-4-6-10-21)15-24(27)36-25(19)17-29(3)37(32,33)26-12-8-7-11-23(26)28/h4-15,19-20,25,31H,16-18H2,1-3H3/t19-,20+,25-/m0/s1. The van der Waals surface area contributed by atoms with E-state index in [1.54, 1.807) is 26.0 Å². The molecule has 4 rings (SSSR count). The molecule has 11 heteroatoms. The summed E-state index contributed by atoms with van der Waals surface area (Å²) in [7, 11) is -6.90. The molecule has 8 nitrogen and oxygen atoms in total. The second kappa shape index (κ2) is 11.1. The molecule has 0 aliphatic carbocycles. The Bertz CT molecular complexity index is 1500. The van der Waals surface area contributed by atoms with Crippen LogP contribution in [-0.4, -0.2) is 69.4 Å². The van der Waals surface area contributed by atoms with Gasteiger partial charge in [0, 0.05) is 25.6 Å². The molecule has 1 aliphatic rings. The lowest BCUT2D eigenvalue weighted by atomic mass is 10.0. The molecule has 0 radical (unpaired) electrons. The van der Waals surface area contributed by atoms with E-state index in [-0.39, 0.29) is 23.7 Å². The summed E-state index contributed by atoms with van der Waals surface area (Å²) < 4.78 is 76.6. The first kappa shape index (κ1) is 28.2. The normalized spacial score (nSPS) is 20.7. The fourth-order valence-corrected chi connectivity index (χ4v) is 7.50. The Labute approximate surface area is 223 Å². The van der Waals surface area contributed by atoms with Gasteiger partial charge in [0.15, 0.2) is 0 Å². The van der Waals surface area contributed by atoms with Crippen molar-refractivity contribution in [2.24, 2.45) is 5.92 Å². The number of sulfonamides is 2. The Morgan fingerprint density at radius 2 is 1.74 bits per heavy atom. The number of fused-ring (bicyclic) bond motifs is 1. The van der Waals surface area contributed by atoms with E-state index in [0.29, 0.717) is 0 Å². The van der Waals surface area contributed by atoms with E-state index in [2.05, 4.69) is 0 Å². The Morgan fingerprint density at radius 3 is 2.39 bits per heavy atom. The van der Waals surface area contributed by atoms with Gasteiger partial charge in [0.2, 0.25) is 20.0 Å². The number of aliphatic hydroxyl groups excluding tert-OH is 1. The molecule has 3 aromatic carbocycles. The minimum absolute atomic E-state index is 0.0117. The van der Waals surface area contributed by atoms with E-state index in [1.165, 1.54) is 35.6 Å². The van der Waals surface area contributed by atoms with Gasteiger partial charge in [-0.25, -0.2) is 21.2 Å². The second-order valence-corrected chi connectivity index (χ2v) is 13.4. The van der Waals surface area contributed by atoms with Crippen LogP contribution in [0.1, 0.15) is 13.8 Å². The van der Waals surface area contributed by atoms with Crippen molar-refractivity contribution in [1.82, 2.24) is 8.61 Å². The van der Waals surface area contributed by atoms with E-state index >= 15 is 0 Å². The SMILES string of the molecule is C[C@H](CO)N1C[C@H](C)[C@H](CN(C)S(=O)(=O)c2ccccc2F)Oc2cc(-c3ccccc3)ccc2S1(=O)=O. The number of likely N-dealkylation sites (N-methyl/N-ethyl adjacent to an activating group) is 1. The smallest absolute Gasteiger partial charge is 0.247 e.